The van der Waals surface area contributed by atoms with Crippen LogP contribution in [-0.2, 0) is 16.1 Å². The Bertz CT molecular complexity index is 1190. The Morgan fingerprint density at radius 1 is 1.27 bits per heavy atom. The molecule has 3 heterocycles. The number of rotatable bonds is 5. The van der Waals surface area contributed by atoms with Crippen molar-refractivity contribution >= 4 is 50.5 Å². The molecule has 2 N–H and O–H groups in total. The fourth-order valence-electron chi connectivity index (χ4n) is 4.09. The topological polar surface area (TPSA) is 106 Å². The second-order valence-corrected chi connectivity index (χ2v) is 9.81. The molecule has 0 atom stereocenters. The van der Waals surface area contributed by atoms with Crippen LogP contribution < -0.4 is 10.9 Å². The maximum Gasteiger partial charge on any atom is 0.306 e. The van der Waals surface area contributed by atoms with Gasteiger partial charge in [0.15, 0.2) is 0 Å². The molecule has 8 nitrogen and oxygen atoms in total. The van der Waals surface area contributed by atoms with Crippen LogP contribution in [0.25, 0.3) is 15.7 Å². The molecule has 1 aliphatic rings. The number of carboxylic acid groups (broad SMARTS) is 1. The molecule has 4 rings (SSSR count). The first-order valence-electron chi connectivity index (χ1n) is 9.98. The number of fused-ring (bicyclic) bond motifs is 3. The molecule has 3 aromatic heterocycles. The number of hydrogen-bond donors (Lipinski definition) is 2. The van der Waals surface area contributed by atoms with Crippen molar-refractivity contribution in [1.82, 2.24) is 19.5 Å². The number of carbonyl (C=O) groups excluding carboxylic acids is 1. The van der Waals surface area contributed by atoms with E-state index in [-0.39, 0.29) is 35.9 Å². The van der Waals surface area contributed by atoms with Crippen LogP contribution in [0.15, 0.2) is 16.9 Å². The number of aliphatic carboxylic acids is 1. The van der Waals surface area contributed by atoms with Gasteiger partial charge in [-0.05, 0) is 37.8 Å². The van der Waals surface area contributed by atoms with Gasteiger partial charge in [-0.1, -0.05) is 25.4 Å². The van der Waals surface area contributed by atoms with Crippen molar-refractivity contribution in [2.24, 2.45) is 5.92 Å². The Morgan fingerprint density at radius 2 is 1.97 bits per heavy atom. The molecule has 1 aliphatic carbocycles. The third kappa shape index (κ3) is 3.83. The van der Waals surface area contributed by atoms with Gasteiger partial charge >= 0.3 is 5.97 Å². The largest absolute Gasteiger partial charge is 0.481 e. The summed E-state index contributed by atoms with van der Waals surface area (Å²) in [6, 6.07) is 3.55. The molecule has 0 unspecified atom stereocenters. The van der Waals surface area contributed by atoms with E-state index in [1.165, 1.54) is 16.0 Å². The van der Waals surface area contributed by atoms with E-state index in [0.717, 1.165) is 10.2 Å². The van der Waals surface area contributed by atoms with Crippen LogP contribution >= 0.6 is 22.9 Å². The Hall–Kier alpha value is -2.39. The SMILES string of the molecule is CC(C)c1nn(CC(=O)NC2CCC(C(=O)O)CC2)c(=O)c2cc3sc(Cl)cc3n12. The highest BCUT2D eigenvalue weighted by Gasteiger charge is 2.27. The van der Waals surface area contributed by atoms with Crippen LogP contribution in [0.4, 0.5) is 0 Å². The minimum atomic E-state index is -0.779. The van der Waals surface area contributed by atoms with E-state index in [9.17, 15) is 14.4 Å². The van der Waals surface area contributed by atoms with Crippen molar-refractivity contribution in [3.8, 4) is 0 Å². The lowest BCUT2D eigenvalue weighted by Gasteiger charge is -2.26. The molecule has 1 saturated carbocycles. The molecule has 1 fully saturated rings. The number of hydrogen-bond acceptors (Lipinski definition) is 5. The highest BCUT2D eigenvalue weighted by molar-refractivity contribution is 7.22. The molecular formula is C20H23ClN4O4S. The van der Waals surface area contributed by atoms with E-state index in [2.05, 4.69) is 10.4 Å². The van der Waals surface area contributed by atoms with Crippen molar-refractivity contribution < 1.29 is 14.7 Å². The zero-order valence-electron chi connectivity index (χ0n) is 16.7. The molecule has 0 radical (unpaired) electrons. The number of carbonyl (C=O) groups is 2. The van der Waals surface area contributed by atoms with Crippen molar-refractivity contribution in [2.75, 3.05) is 0 Å². The van der Waals surface area contributed by atoms with E-state index >= 15 is 0 Å². The summed E-state index contributed by atoms with van der Waals surface area (Å²) in [4.78, 5) is 36.7. The van der Waals surface area contributed by atoms with Crippen LogP contribution in [0, 0.1) is 5.92 Å². The predicted molar refractivity (Wildman–Crippen MR) is 115 cm³/mol. The third-order valence-electron chi connectivity index (χ3n) is 5.62. The highest BCUT2D eigenvalue weighted by Crippen LogP contribution is 2.32. The fourth-order valence-corrected chi connectivity index (χ4v) is 5.25. The summed E-state index contributed by atoms with van der Waals surface area (Å²) in [5.74, 6) is -0.695. The molecule has 10 heteroatoms. The van der Waals surface area contributed by atoms with Crippen molar-refractivity contribution in [3.05, 3.63) is 32.6 Å². The maximum absolute atomic E-state index is 13.0. The number of nitrogens with one attached hydrogen (secondary N) is 1. The van der Waals surface area contributed by atoms with Crippen LogP contribution in [0.2, 0.25) is 4.34 Å². The standard InChI is InChI=1S/C20H23ClN4O4S/c1-10(2)18-23-24(9-17(26)22-12-5-3-11(4-6-12)20(28)29)19(27)14-7-15-13(25(14)18)8-16(21)30-15/h7-8,10-12H,3-6,9H2,1-2H3,(H,22,26)(H,28,29). The highest BCUT2D eigenvalue weighted by atomic mass is 35.5. The van der Waals surface area contributed by atoms with Gasteiger partial charge in [0.05, 0.1) is 20.5 Å². The van der Waals surface area contributed by atoms with E-state index in [1.807, 2.05) is 24.3 Å². The number of thiophene rings is 1. The molecule has 0 aliphatic heterocycles. The van der Waals surface area contributed by atoms with Crippen LogP contribution in [0.5, 0.6) is 0 Å². The summed E-state index contributed by atoms with van der Waals surface area (Å²) in [7, 11) is 0. The smallest absolute Gasteiger partial charge is 0.306 e. The molecule has 160 valence electrons. The summed E-state index contributed by atoms with van der Waals surface area (Å²) < 4.78 is 4.59. The summed E-state index contributed by atoms with van der Waals surface area (Å²) in [6.45, 7) is 3.79. The maximum atomic E-state index is 13.0. The van der Waals surface area contributed by atoms with Crippen LogP contribution in [0.3, 0.4) is 0 Å². The van der Waals surface area contributed by atoms with Crippen LogP contribution in [0.1, 0.15) is 51.3 Å². The molecule has 3 aromatic rings. The van der Waals surface area contributed by atoms with Crippen LogP contribution in [-0.4, -0.2) is 37.2 Å². The van der Waals surface area contributed by atoms with E-state index in [0.29, 0.717) is 41.4 Å². The van der Waals surface area contributed by atoms with Gasteiger partial charge in [-0.25, -0.2) is 4.68 Å². The molecule has 0 saturated heterocycles. The lowest BCUT2D eigenvalue weighted by Crippen LogP contribution is -2.42. The quantitative estimate of drug-likeness (QED) is 0.620. The Kier molecular flexibility index (Phi) is 5.59. The minimum absolute atomic E-state index is 0.0305. The van der Waals surface area contributed by atoms with Crippen molar-refractivity contribution in [3.63, 3.8) is 0 Å². The number of nitrogens with zero attached hydrogens (tertiary/aromatic N) is 3. The zero-order chi connectivity index (χ0) is 21.6. The molecule has 30 heavy (non-hydrogen) atoms. The normalized spacial score (nSPS) is 19.6. The molecule has 0 spiro atoms. The Morgan fingerprint density at radius 3 is 2.60 bits per heavy atom. The van der Waals surface area contributed by atoms with E-state index in [4.69, 9.17) is 16.7 Å². The molecule has 0 bridgehead atoms. The van der Waals surface area contributed by atoms with Crippen molar-refractivity contribution in [2.45, 2.75) is 58.0 Å². The van der Waals surface area contributed by atoms with E-state index in [1.54, 1.807) is 6.07 Å². The lowest BCUT2D eigenvalue weighted by molar-refractivity contribution is -0.142. The minimum Gasteiger partial charge on any atom is -0.481 e. The van der Waals surface area contributed by atoms with Gasteiger partial charge < -0.3 is 10.4 Å². The molecular weight excluding hydrogens is 428 g/mol. The summed E-state index contributed by atoms with van der Waals surface area (Å²) in [5.41, 5.74) is 0.991. The van der Waals surface area contributed by atoms with E-state index < -0.39 is 5.97 Å². The van der Waals surface area contributed by atoms with Gasteiger partial charge in [0, 0.05) is 12.0 Å². The van der Waals surface area contributed by atoms with Gasteiger partial charge in [-0.3, -0.25) is 18.8 Å². The van der Waals surface area contributed by atoms with Crippen molar-refractivity contribution in [1.29, 1.82) is 0 Å². The number of amides is 1. The Balaban J connectivity index is 1.58. The number of halogens is 1. The molecule has 0 aromatic carbocycles. The summed E-state index contributed by atoms with van der Waals surface area (Å²) >= 11 is 7.53. The number of carboxylic acids is 1. The zero-order valence-corrected chi connectivity index (χ0v) is 18.3. The summed E-state index contributed by atoms with van der Waals surface area (Å²) in [6.07, 6.45) is 2.34. The first-order valence-corrected chi connectivity index (χ1v) is 11.2. The van der Waals surface area contributed by atoms with Gasteiger partial charge in [0.1, 0.15) is 17.9 Å². The van der Waals surface area contributed by atoms with Gasteiger partial charge in [0.2, 0.25) is 5.91 Å². The first kappa shape index (κ1) is 20.9. The number of aromatic nitrogens is 3. The second-order valence-electron chi connectivity index (χ2n) is 8.09. The van der Waals surface area contributed by atoms with Gasteiger partial charge in [-0.2, -0.15) is 5.10 Å². The lowest BCUT2D eigenvalue weighted by atomic mass is 9.86. The fraction of sp³-hybridized carbons (Fsp3) is 0.500. The third-order valence-corrected chi connectivity index (χ3v) is 6.82. The van der Waals surface area contributed by atoms with Gasteiger partial charge in [0.25, 0.3) is 5.56 Å². The first-order chi connectivity index (χ1) is 14.2. The Labute approximate surface area is 181 Å². The average molecular weight is 451 g/mol. The molecule has 1 amide bonds. The average Bonchev–Trinajstić information content (AvgIpc) is 3.20. The van der Waals surface area contributed by atoms with Gasteiger partial charge in [-0.15, -0.1) is 11.3 Å². The monoisotopic (exact) mass is 450 g/mol. The second kappa shape index (κ2) is 8.03. The summed E-state index contributed by atoms with van der Waals surface area (Å²) in [5, 5.41) is 16.5. The predicted octanol–water partition coefficient (Wildman–Crippen LogP) is 3.25.